The van der Waals surface area contributed by atoms with Gasteiger partial charge in [0.2, 0.25) is 0 Å². The van der Waals surface area contributed by atoms with Crippen LogP contribution >= 0.6 is 0 Å². The zero-order chi connectivity index (χ0) is 21.1. The molecule has 0 radical (unpaired) electrons. The third-order valence-electron chi connectivity index (χ3n) is 4.15. The second-order valence-electron chi connectivity index (χ2n) is 6.18. The molecule has 1 amide bonds. The van der Waals surface area contributed by atoms with Gasteiger partial charge in [-0.25, -0.2) is 4.79 Å². The van der Waals surface area contributed by atoms with Crippen LogP contribution in [0.15, 0.2) is 21.9 Å². The summed E-state index contributed by atoms with van der Waals surface area (Å²) in [5.41, 5.74) is -1.51. The molecule has 5 atom stereocenters. The predicted molar refractivity (Wildman–Crippen MR) is 86.3 cm³/mol. The number of halogens is 3. The monoisotopic (exact) mass is 411 g/mol. The van der Waals surface area contributed by atoms with E-state index in [-0.39, 0.29) is 19.6 Å². The minimum atomic E-state index is -5.01. The first kappa shape index (κ1) is 22.1. The zero-order valence-electron chi connectivity index (χ0n) is 14.7. The SMILES string of the molecule is CCC(COC[C@H]1O[C@@H](n2ccc(=O)[nH]c2=O)[C@H](O)[C@@H]1O)NC(=O)C(F)(F)F. The van der Waals surface area contributed by atoms with Crippen molar-refractivity contribution < 1.29 is 37.7 Å². The molecule has 4 N–H and O–H groups in total. The topological polar surface area (TPSA) is 143 Å². The number of carbonyl (C=O) groups excluding carboxylic acids is 1. The molecule has 1 aliphatic rings. The third kappa shape index (κ3) is 5.19. The van der Waals surface area contributed by atoms with E-state index in [1.807, 2.05) is 4.98 Å². The van der Waals surface area contributed by atoms with Gasteiger partial charge in [-0.15, -0.1) is 0 Å². The first-order valence-electron chi connectivity index (χ1n) is 8.33. The largest absolute Gasteiger partial charge is 0.471 e. The van der Waals surface area contributed by atoms with E-state index in [1.54, 1.807) is 12.2 Å². The molecule has 1 fully saturated rings. The summed E-state index contributed by atoms with van der Waals surface area (Å²) in [5.74, 6) is -2.09. The Hall–Kier alpha value is -2.22. The molecule has 0 saturated carbocycles. The van der Waals surface area contributed by atoms with E-state index in [0.29, 0.717) is 0 Å². The fourth-order valence-corrected chi connectivity index (χ4v) is 2.58. The minimum absolute atomic E-state index is 0.161. The Morgan fingerprint density at radius 2 is 2.07 bits per heavy atom. The lowest BCUT2D eigenvalue weighted by atomic mass is 10.1. The summed E-state index contributed by atoms with van der Waals surface area (Å²) in [4.78, 5) is 35.8. The number of carbonyl (C=O) groups is 1. The molecule has 1 aromatic rings. The Balaban J connectivity index is 1.93. The van der Waals surface area contributed by atoms with Gasteiger partial charge in [0.25, 0.3) is 5.56 Å². The van der Waals surface area contributed by atoms with Crippen molar-refractivity contribution in [2.45, 2.75) is 50.1 Å². The molecule has 1 aliphatic heterocycles. The van der Waals surface area contributed by atoms with Crippen LogP contribution in [0.3, 0.4) is 0 Å². The molecule has 0 aromatic carbocycles. The highest BCUT2D eigenvalue weighted by molar-refractivity contribution is 5.81. The molecular formula is C15H20F3N3O7. The van der Waals surface area contributed by atoms with E-state index in [0.717, 1.165) is 16.8 Å². The zero-order valence-corrected chi connectivity index (χ0v) is 14.7. The van der Waals surface area contributed by atoms with Crippen LogP contribution in [0.4, 0.5) is 13.2 Å². The minimum Gasteiger partial charge on any atom is -0.387 e. The number of amides is 1. The number of ether oxygens (including phenoxy) is 2. The summed E-state index contributed by atoms with van der Waals surface area (Å²) in [6.07, 6.45) is -9.11. The van der Waals surface area contributed by atoms with E-state index in [1.165, 1.54) is 0 Å². The van der Waals surface area contributed by atoms with Crippen molar-refractivity contribution in [2.75, 3.05) is 13.2 Å². The van der Waals surface area contributed by atoms with Crippen molar-refractivity contribution in [2.24, 2.45) is 0 Å². The van der Waals surface area contributed by atoms with Crippen molar-refractivity contribution in [3.05, 3.63) is 33.1 Å². The number of alkyl halides is 3. The maximum atomic E-state index is 12.3. The molecule has 1 unspecified atom stereocenters. The second kappa shape index (κ2) is 8.86. The highest BCUT2D eigenvalue weighted by Crippen LogP contribution is 2.28. The average Bonchev–Trinajstić information content (AvgIpc) is 2.88. The van der Waals surface area contributed by atoms with Crippen LogP contribution < -0.4 is 16.6 Å². The number of nitrogens with zero attached hydrogens (tertiary/aromatic N) is 1. The van der Waals surface area contributed by atoms with Gasteiger partial charge in [-0.2, -0.15) is 13.2 Å². The molecule has 1 aromatic heterocycles. The molecule has 0 bridgehead atoms. The third-order valence-corrected chi connectivity index (χ3v) is 4.15. The summed E-state index contributed by atoms with van der Waals surface area (Å²) < 4.78 is 48.3. The number of nitrogens with one attached hydrogen (secondary N) is 2. The molecule has 28 heavy (non-hydrogen) atoms. The van der Waals surface area contributed by atoms with E-state index >= 15 is 0 Å². The average molecular weight is 411 g/mol. The highest BCUT2D eigenvalue weighted by Gasteiger charge is 2.44. The highest BCUT2D eigenvalue weighted by atomic mass is 19.4. The van der Waals surface area contributed by atoms with Gasteiger partial charge in [0.15, 0.2) is 6.23 Å². The first-order chi connectivity index (χ1) is 13.0. The maximum Gasteiger partial charge on any atom is 0.471 e. The second-order valence-corrected chi connectivity index (χ2v) is 6.18. The fourth-order valence-electron chi connectivity index (χ4n) is 2.58. The van der Waals surface area contributed by atoms with Gasteiger partial charge in [-0.1, -0.05) is 6.92 Å². The lowest BCUT2D eigenvalue weighted by molar-refractivity contribution is -0.174. The molecule has 2 rings (SSSR count). The molecule has 0 aliphatic carbocycles. The first-order valence-corrected chi connectivity index (χ1v) is 8.33. The van der Waals surface area contributed by atoms with Crippen LogP contribution in [-0.2, 0) is 14.3 Å². The number of aromatic amines is 1. The Morgan fingerprint density at radius 1 is 1.39 bits per heavy atom. The Bertz CT molecular complexity index is 794. The van der Waals surface area contributed by atoms with Gasteiger partial charge >= 0.3 is 17.8 Å². The summed E-state index contributed by atoms with van der Waals surface area (Å²) >= 11 is 0. The van der Waals surface area contributed by atoms with Crippen LogP contribution in [0, 0.1) is 0 Å². The van der Waals surface area contributed by atoms with Crippen LogP contribution in [0.2, 0.25) is 0 Å². The van der Waals surface area contributed by atoms with Gasteiger partial charge in [-0.3, -0.25) is 19.1 Å². The molecule has 10 nitrogen and oxygen atoms in total. The summed E-state index contributed by atoms with van der Waals surface area (Å²) in [6, 6.07) is 0.110. The standard InChI is InChI=1S/C15H20F3N3O7/c1-2-7(19-13(25)15(16,17)18)5-27-6-8-10(23)11(24)12(28-8)21-4-3-9(22)20-14(21)26/h3-4,7-8,10-12,23-24H,2,5-6H2,1H3,(H,19,25)(H,20,22,26)/t7?,8-,10-,11-,12-/m1/s1. The fraction of sp³-hybridized carbons (Fsp3) is 0.667. The van der Waals surface area contributed by atoms with E-state index < -0.39 is 53.9 Å². The van der Waals surface area contributed by atoms with Crippen molar-refractivity contribution in [1.82, 2.24) is 14.9 Å². The normalized spacial score (nSPS) is 26.2. The van der Waals surface area contributed by atoms with Gasteiger partial charge in [0, 0.05) is 12.3 Å². The van der Waals surface area contributed by atoms with Crippen molar-refractivity contribution in [3.63, 3.8) is 0 Å². The van der Waals surface area contributed by atoms with Crippen molar-refractivity contribution in [1.29, 1.82) is 0 Å². The molecular weight excluding hydrogens is 391 g/mol. The van der Waals surface area contributed by atoms with Gasteiger partial charge in [0.1, 0.15) is 18.3 Å². The van der Waals surface area contributed by atoms with Gasteiger partial charge in [-0.05, 0) is 6.42 Å². The lowest BCUT2D eigenvalue weighted by Crippen LogP contribution is -2.45. The van der Waals surface area contributed by atoms with Crippen molar-refractivity contribution >= 4 is 5.91 Å². The van der Waals surface area contributed by atoms with Crippen LogP contribution in [-0.4, -0.2) is 69.4 Å². The smallest absolute Gasteiger partial charge is 0.387 e. The van der Waals surface area contributed by atoms with E-state index in [4.69, 9.17) is 9.47 Å². The quantitative estimate of drug-likeness (QED) is 0.434. The molecule has 1 saturated heterocycles. The van der Waals surface area contributed by atoms with E-state index in [9.17, 15) is 37.8 Å². The Labute approximate surface area is 155 Å². The predicted octanol–water partition coefficient (Wildman–Crippen LogP) is -1.37. The van der Waals surface area contributed by atoms with Crippen LogP contribution in [0.1, 0.15) is 19.6 Å². The van der Waals surface area contributed by atoms with Gasteiger partial charge in [0.05, 0.1) is 19.3 Å². The number of rotatable bonds is 7. The number of aliphatic hydroxyl groups excluding tert-OH is 2. The van der Waals surface area contributed by atoms with Crippen molar-refractivity contribution in [3.8, 4) is 0 Å². The molecule has 2 heterocycles. The van der Waals surface area contributed by atoms with Crippen LogP contribution in [0.5, 0.6) is 0 Å². The van der Waals surface area contributed by atoms with Gasteiger partial charge < -0.3 is 25.0 Å². The lowest BCUT2D eigenvalue weighted by Gasteiger charge is -2.20. The number of aromatic nitrogens is 2. The molecule has 13 heteroatoms. The molecule has 158 valence electrons. The van der Waals surface area contributed by atoms with Crippen LogP contribution in [0.25, 0.3) is 0 Å². The Morgan fingerprint density at radius 3 is 2.64 bits per heavy atom. The Kier molecular flexibility index (Phi) is 6.98. The summed E-state index contributed by atoms with van der Waals surface area (Å²) in [7, 11) is 0. The number of hydrogen-bond acceptors (Lipinski definition) is 7. The summed E-state index contributed by atoms with van der Waals surface area (Å²) in [6.45, 7) is 0.948. The maximum absolute atomic E-state index is 12.3. The number of H-pyrrole nitrogens is 1. The number of aliphatic hydroxyl groups is 2. The number of hydrogen-bond donors (Lipinski definition) is 4. The summed E-state index contributed by atoms with van der Waals surface area (Å²) in [5, 5.41) is 21.9. The van der Waals surface area contributed by atoms with E-state index in [2.05, 4.69) is 0 Å². The molecule has 0 spiro atoms.